The van der Waals surface area contributed by atoms with Gasteiger partial charge in [-0.05, 0) is 23.7 Å². The molecule has 3 nitrogen and oxygen atoms in total. The molecular formula is C6H4ClN3S. The zero-order valence-electron chi connectivity index (χ0n) is 5.41. The lowest BCUT2D eigenvalue weighted by Gasteiger charge is -2.10. The average molecular weight is 186 g/mol. The second-order valence-electron chi connectivity index (χ2n) is 1.95. The van der Waals surface area contributed by atoms with Crippen LogP contribution in [0.5, 0.6) is 0 Å². The number of rotatable bonds is 0. The molecule has 56 valence electrons. The number of fused-ring (bicyclic) bond motifs is 1. The van der Waals surface area contributed by atoms with Gasteiger partial charge in [-0.2, -0.15) is 4.40 Å². The number of aromatic nitrogens is 1. The van der Waals surface area contributed by atoms with Gasteiger partial charge in [0, 0.05) is 18.1 Å². The lowest BCUT2D eigenvalue weighted by molar-refractivity contribution is 1.23. The van der Waals surface area contributed by atoms with Crippen LogP contribution in [0.1, 0.15) is 0 Å². The van der Waals surface area contributed by atoms with Gasteiger partial charge in [0.25, 0.3) is 0 Å². The summed E-state index contributed by atoms with van der Waals surface area (Å²) in [5.41, 5.74) is 0. The number of halogens is 1. The molecule has 2 rings (SSSR count). The fraction of sp³-hybridized carbons (Fsp3) is 0. The Kier molecular flexibility index (Phi) is 1.71. The molecule has 1 aliphatic rings. The number of nitrogens with zero attached hydrogens (tertiary/aromatic N) is 2. The van der Waals surface area contributed by atoms with Gasteiger partial charge in [-0.25, -0.2) is 4.98 Å². The van der Waals surface area contributed by atoms with Gasteiger partial charge in [-0.15, -0.1) is 0 Å². The van der Waals surface area contributed by atoms with Gasteiger partial charge in [0.1, 0.15) is 5.82 Å². The molecule has 1 aromatic rings. The minimum absolute atomic E-state index is 0.376. The SMILES string of the molecule is ClC1=NSc2cccnc2N1. The van der Waals surface area contributed by atoms with Gasteiger partial charge in [0.2, 0.25) is 5.29 Å². The van der Waals surface area contributed by atoms with Crippen LogP contribution in [0.2, 0.25) is 0 Å². The molecule has 0 spiro atoms. The molecule has 2 heterocycles. The molecule has 0 saturated carbocycles. The fourth-order valence-corrected chi connectivity index (χ4v) is 1.51. The van der Waals surface area contributed by atoms with Crippen molar-refractivity contribution in [1.29, 1.82) is 0 Å². The lowest BCUT2D eigenvalue weighted by Crippen LogP contribution is -2.09. The monoisotopic (exact) mass is 185 g/mol. The van der Waals surface area contributed by atoms with Crippen LogP contribution in [-0.4, -0.2) is 10.3 Å². The zero-order valence-corrected chi connectivity index (χ0v) is 6.99. The van der Waals surface area contributed by atoms with E-state index < -0.39 is 0 Å². The van der Waals surface area contributed by atoms with E-state index in [1.165, 1.54) is 11.9 Å². The van der Waals surface area contributed by atoms with Crippen LogP contribution >= 0.6 is 23.5 Å². The number of hydrogen-bond acceptors (Lipinski definition) is 4. The van der Waals surface area contributed by atoms with Gasteiger partial charge < -0.3 is 5.32 Å². The first kappa shape index (κ1) is 6.94. The van der Waals surface area contributed by atoms with Crippen LogP contribution in [-0.2, 0) is 0 Å². The summed E-state index contributed by atoms with van der Waals surface area (Å²) in [4.78, 5) is 5.07. The van der Waals surface area contributed by atoms with Crippen LogP contribution in [0.15, 0.2) is 27.6 Å². The van der Waals surface area contributed by atoms with Crippen molar-refractivity contribution in [2.75, 3.05) is 5.32 Å². The number of nitrogens with one attached hydrogen (secondary N) is 1. The van der Waals surface area contributed by atoms with Crippen molar-refractivity contribution < 1.29 is 0 Å². The first-order valence-electron chi connectivity index (χ1n) is 2.99. The van der Waals surface area contributed by atoms with Crippen LogP contribution in [0.25, 0.3) is 0 Å². The summed E-state index contributed by atoms with van der Waals surface area (Å²) in [6.45, 7) is 0. The highest BCUT2D eigenvalue weighted by atomic mass is 35.5. The standard InChI is InChI=1S/C6H4ClN3S/c7-6-9-5-4(11-10-6)2-1-3-8-5/h1-3H,(H,8,9,10). The van der Waals surface area contributed by atoms with Crippen molar-refractivity contribution in [1.82, 2.24) is 4.98 Å². The van der Waals surface area contributed by atoms with E-state index in [9.17, 15) is 0 Å². The first-order chi connectivity index (χ1) is 5.36. The minimum atomic E-state index is 0.376. The Hall–Kier alpha value is -0.740. The van der Waals surface area contributed by atoms with Gasteiger partial charge in [-0.3, -0.25) is 0 Å². The molecule has 0 aromatic carbocycles. The van der Waals surface area contributed by atoms with Gasteiger partial charge >= 0.3 is 0 Å². The van der Waals surface area contributed by atoms with Crippen molar-refractivity contribution in [3.05, 3.63) is 18.3 Å². The summed E-state index contributed by atoms with van der Waals surface area (Å²) >= 11 is 6.95. The maximum atomic E-state index is 5.62. The molecule has 0 atom stereocenters. The van der Waals surface area contributed by atoms with E-state index in [0.717, 1.165) is 10.7 Å². The third-order valence-corrected chi connectivity index (χ3v) is 2.30. The predicted molar refractivity (Wildman–Crippen MR) is 47.0 cm³/mol. The molecule has 0 radical (unpaired) electrons. The average Bonchev–Trinajstić information content (AvgIpc) is 2.04. The highest BCUT2D eigenvalue weighted by molar-refractivity contribution is 7.98. The smallest absolute Gasteiger partial charge is 0.208 e. The fourth-order valence-electron chi connectivity index (χ4n) is 0.768. The van der Waals surface area contributed by atoms with Crippen LogP contribution in [0.4, 0.5) is 5.82 Å². The predicted octanol–water partition coefficient (Wildman–Crippen LogP) is 2.11. The molecule has 1 aromatic heterocycles. The first-order valence-corrected chi connectivity index (χ1v) is 4.14. The molecular weight excluding hydrogens is 182 g/mol. The van der Waals surface area contributed by atoms with Crippen LogP contribution in [0.3, 0.4) is 0 Å². The van der Waals surface area contributed by atoms with E-state index in [2.05, 4.69) is 14.7 Å². The number of anilines is 1. The van der Waals surface area contributed by atoms with E-state index >= 15 is 0 Å². The Morgan fingerprint density at radius 3 is 3.36 bits per heavy atom. The van der Waals surface area contributed by atoms with Crippen molar-refractivity contribution in [2.24, 2.45) is 4.40 Å². The van der Waals surface area contributed by atoms with Crippen molar-refractivity contribution in [2.45, 2.75) is 4.90 Å². The molecule has 0 saturated heterocycles. The zero-order chi connectivity index (χ0) is 7.68. The van der Waals surface area contributed by atoms with Gasteiger partial charge in [0.05, 0.1) is 4.90 Å². The summed E-state index contributed by atoms with van der Waals surface area (Å²) < 4.78 is 3.92. The third kappa shape index (κ3) is 1.32. The van der Waals surface area contributed by atoms with Crippen molar-refractivity contribution in [3.63, 3.8) is 0 Å². The van der Waals surface area contributed by atoms with E-state index in [-0.39, 0.29) is 0 Å². The highest BCUT2D eigenvalue weighted by Crippen LogP contribution is 2.29. The summed E-state index contributed by atoms with van der Waals surface area (Å²) in [5, 5.41) is 3.22. The molecule has 5 heteroatoms. The second kappa shape index (κ2) is 2.71. The Labute approximate surface area is 73.0 Å². The van der Waals surface area contributed by atoms with Gasteiger partial charge in [0.15, 0.2) is 0 Å². The van der Waals surface area contributed by atoms with E-state index in [1.54, 1.807) is 6.20 Å². The van der Waals surface area contributed by atoms with Crippen LogP contribution < -0.4 is 5.32 Å². The Bertz CT molecular complexity index is 312. The maximum absolute atomic E-state index is 5.62. The van der Waals surface area contributed by atoms with E-state index in [0.29, 0.717) is 5.29 Å². The number of pyridine rings is 1. The topological polar surface area (TPSA) is 37.3 Å². The molecule has 0 fully saturated rings. The number of amidine groups is 1. The molecule has 0 unspecified atom stereocenters. The van der Waals surface area contributed by atoms with Gasteiger partial charge in [-0.1, -0.05) is 0 Å². The third-order valence-electron chi connectivity index (χ3n) is 1.22. The second-order valence-corrected chi connectivity index (χ2v) is 3.11. The lowest BCUT2D eigenvalue weighted by atomic mass is 10.4. The Morgan fingerprint density at radius 1 is 1.55 bits per heavy atom. The minimum Gasteiger partial charge on any atom is -0.314 e. The summed E-state index contributed by atoms with van der Waals surface area (Å²) in [5.74, 6) is 0.775. The molecule has 1 N–H and O–H groups in total. The van der Waals surface area contributed by atoms with E-state index in [4.69, 9.17) is 11.6 Å². The largest absolute Gasteiger partial charge is 0.314 e. The summed E-state index contributed by atoms with van der Waals surface area (Å²) in [7, 11) is 0. The maximum Gasteiger partial charge on any atom is 0.208 e. The molecule has 1 aliphatic heterocycles. The molecule has 11 heavy (non-hydrogen) atoms. The normalized spacial score (nSPS) is 14.8. The highest BCUT2D eigenvalue weighted by Gasteiger charge is 2.10. The summed E-state index contributed by atoms with van der Waals surface area (Å²) in [6, 6.07) is 3.80. The van der Waals surface area contributed by atoms with E-state index in [1.807, 2.05) is 12.1 Å². The summed E-state index contributed by atoms with van der Waals surface area (Å²) in [6.07, 6.45) is 1.71. The Balaban J connectivity index is 2.42. The Morgan fingerprint density at radius 2 is 2.45 bits per heavy atom. The quantitative estimate of drug-likeness (QED) is 0.497. The van der Waals surface area contributed by atoms with Crippen molar-refractivity contribution in [3.8, 4) is 0 Å². The molecule has 0 amide bonds. The molecule has 0 aliphatic carbocycles. The van der Waals surface area contributed by atoms with Crippen LogP contribution in [0, 0.1) is 0 Å². The molecule has 0 bridgehead atoms. The van der Waals surface area contributed by atoms with Crippen molar-refractivity contribution >= 4 is 34.7 Å². The number of hydrogen-bond donors (Lipinski definition) is 1.